The molecular weight excluding hydrogens is 421 g/mol. The van der Waals surface area contributed by atoms with Crippen molar-refractivity contribution < 1.29 is 18.7 Å². The fraction of sp³-hybridized carbons (Fsp3) is 0.304. The van der Waals surface area contributed by atoms with Crippen molar-refractivity contribution in [2.45, 2.75) is 18.9 Å². The summed E-state index contributed by atoms with van der Waals surface area (Å²) in [6.07, 6.45) is 0.615. The van der Waals surface area contributed by atoms with Gasteiger partial charge in [-0.1, -0.05) is 23.7 Å². The summed E-state index contributed by atoms with van der Waals surface area (Å²) in [5, 5.41) is 8.05. The number of morpholine rings is 1. The van der Waals surface area contributed by atoms with E-state index in [9.17, 15) is 9.18 Å². The molecule has 8 heteroatoms. The molecule has 1 aromatic heterocycles. The van der Waals surface area contributed by atoms with Crippen molar-refractivity contribution in [1.29, 1.82) is 0 Å². The van der Waals surface area contributed by atoms with Crippen LogP contribution in [0.5, 0.6) is 5.75 Å². The second-order valence-electron chi connectivity index (χ2n) is 7.37. The Bertz CT molecular complexity index is 1010. The molecule has 2 aromatic carbocycles. The third kappa shape index (κ3) is 5.83. The average Bonchev–Trinajstić information content (AvgIpc) is 3.26. The van der Waals surface area contributed by atoms with E-state index < -0.39 is 0 Å². The van der Waals surface area contributed by atoms with Gasteiger partial charge in [0.05, 0.1) is 31.9 Å². The lowest BCUT2D eigenvalue weighted by Gasteiger charge is -2.32. The molecule has 0 aliphatic carbocycles. The Kier molecular flexibility index (Phi) is 6.84. The highest BCUT2D eigenvalue weighted by atomic mass is 35.5. The molecule has 1 saturated heterocycles. The lowest BCUT2D eigenvalue weighted by atomic mass is 10.1. The van der Waals surface area contributed by atoms with Crippen LogP contribution in [0.1, 0.15) is 23.1 Å². The highest BCUT2D eigenvalue weighted by Crippen LogP contribution is 2.22. The predicted octanol–water partition coefficient (Wildman–Crippen LogP) is 3.97. The van der Waals surface area contributed by atoms with E-state index in [-0.39, 0.29) is 24.2 Å². The van der Waals surface area contributed by atoms with Crippen molar-refractivity contribution in [2.75, 3.05) is 26.3 Å². The van der Waals surface area contributed by atoms with Crippen molar-refractivity contribution in [2.24, 2.45) is 0 Å². The molecule has 4 rings (SSSR count). The second-order valence-corrected chi connectivity index (χ2v) is 7.81. The summed E-state index contributed by atoms with van der Waals surface area (Å²) in [6.45, 7) is 1.91. The van der Waals surface area contributed by atoms with Crippen molar-refractivity contribution in [1.82, 2.24) is 15.1 Å². The van der Waals surface area contributed by atoms with Crippen LogP contribution in [0.3, 0.4) is 0 Å². The zero-order valence-corrected chi connectivity index (χ0v) is 17.6. The van der Waals surface area contributed by atoms with E-state index >= 15 is 0 Å². The minimum absolute atomic E-state index is 0.00738. The summed E-state index contributed by atoms with van der Waals surface area (Å²) in [6, 6.07) is 15.2. The zero-order valence-electron chi connectivity index (χ0n) is 16.9. The number of carbonyl (C=O) groups excluding carboxylic acids is 1. The van der Waals surface area contributed by atoms with Crippen molar-refractivity contribution in [3.63, 3.8) is 0 Å². The van der Waals surface area contributed by atoms with E-state index in [1.807, 2.05) is 18.2 Å². The first-order chi connectivity index (χ1) is 15.1. The van der Waals surface area contributed by atoms with Crippen LogP contribution in [0.4, 0.5) is 4.39 Å². The molecule has 0 spiro atoms. The Labute approximate surface area is 184 Å². The number of benzene rings is 2. The van der Waals surface area contributed by atoms with Crippen molar-refractivity contribution in [3.05, 3.63) is 82.4 Å². The molecule has 31 heavy (non-hydrogen) atoms. The van der Waals surface area contributed by atoms with Crippen LogP contribution < -0.4 is 4.74 Å². The minimum Gasteiger partial charge on any atom is -0.493 e. The minimum atomic E-state index is -0.310. The summed E-state index contributed by atoms with van der Waals surface area (Å²) in [7, 11) is 0. The molecular formula is C23H23ClFN3O3. The number of amides is 1. The quantitative estimate of drug-likeness (QED) is 0.600. The number of hydrogen-bond donors (Lipinski definition) is 1. The topological polar surface area (TPSA) is 67.5 Å². The number of rotatable bonds is 7. The van der Waals surface area contributed by atoms with E-state index in [2.05, 4.69) is 10.2 Å². The molecule has 6 nitrogen and oxygen atoms in total. The third-order valence-electron chi connectivity index (χ3n) is 5.12. The first-order valence-electron chi connectivity index (χ1n) is 10.1. The molecule has 0 saturated carbocycles. The summed E-state index contributed by atoms with van der Waals surface area (Å²) in [5.74, 6) is 0.442. The molecule has 3 aromatic rings. The monoisotopic (exact) mass is 443 g/mol. The van der Waals surface area contributed by atoms with Crippen LogP contribution in [0.15, 0.2) is 54.6 Å². The van der Waals surface area contributed by atoms with Gasteiger partial charge in [-0.15, -0.1) is 0 Å². The summed E-state index contributed by atoms with van der Waals surface area (Å²) >= 11 is 5.88. The van der Waals surface area contributed by atoms with Gasteiger partial charge < -0.3 is 14.4 Å². The number of carbonyl (C=O) groups is 1. The Hall–Kier alpha value is -2.90. The number of H-pyrrole nitrogens is 1. The fourth-order valence-electron chi connectivity index (χ4n) is 3.43. The summed E-state index contributed by atoms with van der Waals surface area (Å²) in [4.78, 5) is 14.4. The third-order valence-corrected chi connectivity index (χ3v) is 5.37. The van der Waals surface area contributed by atoms with Gasteiger partial charge in [0.2, 0.25) is 5.91 Å². The number of aromatic nitrogens is 2. The molecule has 0 bridgehead atoms. The average molecular weight is 444 g/mol. The second kappa shape index (κ2) is 9.94. The molecule has 1 aliphatic rings. The van der Waals surface area contributed by atoms with Gasteiger partial charge in [-0.25, -0.2) is 4.39 Å². The van der Waals surface area contributed by atoms with Gasteiger partial charge in [-0.3, -0.25) is 9.89 Å². The number of aromatic amines is 1. The summed E-state index contributed by atoms with van der Waals surface area (Å²) < 4.78 is 24.6. The largest absolute Gasteiger partial charge is 0.493 e. The van der Waals surface area contributed by atoms with E-state index in [1.54, 1.807) is 29.2 Å². The van der Waals surface area contributed by atoms with Gasteiger partial charge in [-0.05, 0) is 48.0 Å². The first-order valence-corrected chi connectivity index (χ1v) is 10.5. The predicted molar refractivity (Wildman–Crippen MR) is 115 cm³/mol. The van der Waals surface area contributed by atoms with Crippen molar-refractivity contribution >= 4 is 17.5 Å². The Morgan fingerprint density at radius 3 is 2.77 bits per heavy atom. The summed E-state index contributed by atoms with van der Waals surface area (Å²) in [5.41, 5.74) is 2.49. The van der Waals surface area contributed by atoms with E-state index in [4.69, 9.17) is 21.1 Å². The molecule has 2 heterocycles. The van der Waals surface area contributed by atoms with Gasteiger partial charge in [0.25, 0.3) is 0 Å². The Balaban J connectivity index is 1.29. The van der Waals surface area contributed by atoms with Crippen LogP contribution >= 0.6 is 11.6 Å². The molecule has 1 amide bonds. The highest BCUT2D eigenvalue weighted by Gasteiger charge is 2.27. The van der Waals surface area contributed by atoms with Gasteiger partial charge in [0.15, 0.2) is 0 Å². The van der Waals surface area contributed by atoms with Gasteiger partial charge in [-0.2, -0.15) is 5.10 Å². The van der Waals surface area contributed by atoms with Crippen LogP contribution in [0.25, 0.3) is 0 Å². The van der Waals surface area contributed by atoms with E-state index in [1.165, 1.54) is 12.1 Å². The molecule has 1 aliphatic heterocycles. The maximum absolute atomic E-state index is 13.1. The molecule has 1 atom stereocenters. The number of nitrogens with one attached hydrogen (secondary N) is 1. The van der Waals surface area contributed by atoms with Gasteiger partial charge in [0, 0.05) is 23.7 Å². The van der Waals surface area contributed by atoms with E-state index in [0.29, 0.717) is 37.7 Å². The fourth-order valence-corrected chi connectivity index (χ4v) is 3.55. The smallest absolute Gasteiger partial charge is 0.227 e. The van der Waals surface area contributed by atoms with Crippen LogP contribution in [-0.2, 0) is 22.4 Å². The number of hydrogen-bond acceptors (Lipinski definition) is 4. The van der Waals surface area contributed by atoms with Crippen molar-refractivity contribution in [3.8, 4) is 5.75 Å². The van der Waals surface area contributed by atoms with Gasteiger partial charge in [0.1, 0.15) is 17.7 Å². The van der Waals surface area contributed by atoms with Crippen LogP contribution in [0, 0.1) is 5.82 Å². The molecule has 1 fully saturated rings. The molecule has 0 unspecified atom stereocenters. The lowest BCUT2D eigenvalue weighted by Crippen LogP contribution is -2.43. The first kappa shape index (κ1) is 21.3. The Morgan fingerprint density at radius 2 is 2.00 bits per heavy atom. The highest BCUT2D eigenvalue weighted by molar-refractivity contribution is 6.30. The number of nitrogens with zero attached hydrogens (tertiary/aromatic N) is 2. The van der Waals surface area contributed by atoms with Crippen LogP contribution in [0.2, 0.25) is 5.02 Å². The van der Waals surface area contributed by atoms with Gasteiger partial charge >= 0.3 is 0 Å². The lowest BCUT2D eigenvalue weighted by molar-refractivity contribution is -0.138. The molecule has 1 N–H and O–H groups in total. The normalized spacial score (nSPS) is 16.3. The van der Waals surface area contributed by atoms with E-state index in [0.717, 1.165) is 22.7 Å². The maximum Gasteiger partial charge on any atom is 0.227 e. The Morgan fingerprint density at radius 1 is 1.23 bits per heavy atom. The standard InChI is InChI=1S/C23H23ClFN3O3/c24-17-3-7-20(8-4-17)30-11-9-19-14-21(27-26-19)22-15-28(10-12-31-22)23(29)13-16-1-5-18(25)6-2-16/h1-8,14,22H,9-13,15H2,(H,26,27)/t22-/m1/s1. The number of halogens is 2. The maximum atomic E-state index is 13.1. The van der Waals surface area contributed by atoms with Crippen LogP contribution in [-0.4, -0.2) is 47.3 Å². The molecule has 0 radical (unpaired) electrons. The number of ether oxygens (including phenoxy) is 2. The zero-order chi connectivity index (χ0) is 21.6. The SMILES string of the molecule is O=C(Cc1ccc(F)cc1)N1CCO[C@@H](c2cc(CCOc3ccc(Cl)cc3)[nH]n2)C1. The molecule has 162 valence electrons.